The van der Waals surface area contributed by atoms with E-state index in [1.54, 1.807) is 0 Å². The molecule has 0 heterocycles. The van der Waals surface area contributed by atoms with Crippen LogP contribution in [-0.2, 0) is 22.9 Å². The number of hydrogen-bond donors (Lipinski definition) is 0. The zero-order chi connectivity index (χ0) is 33.2. The third-order valence-electron chi connectivity index (χ3n) is 5.34. The molecule has 0 N–H and O–H groups in total. The number of hydrogen-bond acceptors (Lipinski definition) is 0. The normalized spacial score (nSPS) is 16.3. The zero-order valence-electron chi connectivity index (χ0n) is 19.0. The van der Waals surface area contributed by atoms with Crippen LogP contribution in [0.5, 0.6) is 0 Å². The summed E-state index contributed by atoms with van der Waals surface area (Å²) in [7, 11) is 0. The summed E-state index contributed by atoms with van der Waals surface area (Å²) in [5, 5.41) is 12.3. The summed E-state index contributed by atoms with van der Waals surface area (Å²) >= 11 is 0. The molecule has 1 atom stereocenters. The summed E-state index contributed by atoms with van der Waals surface area (Å²) in [5.41, 5.74) is -14.8. The molecule has 22 heteroatoms. The average Bonchev–Trinajstić information content (AvgIpc) is 2.75. The van der Waals surface area contributed by atoms with Gasteiger partial charge >= 0.3 is 54.1 Å². The lowest BCUT2D eigenvalue weighted by Gasteiger charge is -2.36. The van der Waals surface area contributed by atoms with Crippen molar-refractivity contribution in [3.63, 3.8) is 0 Å². The van der Waals surface area contributed by atoms with Crippen molar-refractivity contribution in [1.82, 2.24) is 0 Å². The Kier molecular flexibility index (Phi) is 9.11. The molecule has 41 heavy (non-hydrogen) atoms. The Morgan fingerprint density at radius 1 is 0.512 bits per heavy atom. The molecule has 0 bridgehead atoms. The number of benzene rings is 1. The maximum atomic E-state index is 14.6. The van der Waals surface area contributed by atoms with Crippen molar-refractivity contribution in [2.24, 2.45) is 0 Å². The third kappa shape index (κ3) is 5.59. The van der Waals surface area contributed by atoms with Gasteiger partial charge in [0.1, 0.15) is 6.10 Å². The lowest BCUT2D eigenvalue weighted by molar-refractivity contribution is -0.363. The van der Waals surface area contributed by atoms with E-state index in [0.29, 0.717) is 0 Å². The maximum absolute atomic E-state index is 14.6. The van der Waals surface area contributed by atoms with E-state index < -0.39 is 107 Å². The molecule has 0 aromatic heterocycles. The van der Waals surface area contributed by atoms with Gasteiger partial charge in [-0.3, -0.25) is 0 Å². The minimum absolute atomic E-state index is 0.779. The smallest absolute Gasteiger partial charge is 0.228 e. The second-order valence-electron chi connectivity index (χ2n) is 8.20. The maximum Gasteiger partial charge on any atom is 0.460 e. The molecule has 239 valence electrons. The Morgan fingerprint density at radius 2 is 0.780 bits per heavy atom. The minimum Gasteiger partial charge on any atom is -0.228 e. The highest BCUT2D eigenvalue weighted by atomic mass is 19.4. The summed E-state index contributed by atoms with van der Waals surface area (Å²) in [6.07, 6.45) is -28.8. The molecule has 1 aromatic carbocycles. The number of halogens is 21. The molecule has 0 amide bonds. The van der Waals surface area contributed by atoms with Crippen LogP contribution in [0.25, 0.3) is 0 Å². The quantitative estimate of drug-likeness (QED) is 0.237. The van der Waals surface area contributed by atoms with Gasteiger partial charge in [-0.05, 0) is 18.6 Å². The molecular formula is C19H10F21O. The van der Waals surface area contributed by atoms with Gasteiger partial charge in [-0.15, -0.1) is 0 Å². The van der Waals surface area contributed by atoms with E-state index in [1.165, 1.54) is 0 Å². The van der Waals surface area contributed by atoms with Gasteiger partial charge in [-0.2, -0.15) is 92.2 Å². The summed E-state index contributed by atoms with van der Waals surface area (Å²) in [6, 6.07) is -3.67. The molecular weight excluding hydrogens is 643 g/mol. The minimum atomic E-state index is -7.71. The lowest BCUT2D eigenvalue weighted by Crippen LogP contribution is -2.53. The highest BCUT2D eigenvalue weighted by Gasteiger charge is 2.78. The highest BCUT2D eigenvalue weighted by molar-refractivity contribution is 5.49. The van der Waals surface area contributed by atoms with Gasteiger partial charge < -0.3 is 0 Å². The van der Waals surface area contributed by atoms with Crippen molar-refractivity contribution in [1.29, 1.82) is 0 Å². The molecule has 0 aliphatic rings. The van der Waals surface area contributed by atoms with Crippen molar-refractivity contribution in [3.05, 3.63) is 34.4 Å². The van der Waals surface area contributed by atoms with Gasteiger partial charge in [0.05, 0.1) is 0 Å². The molecule has 0 saturated heterocycles. The van der Waals surface area contributed by atoms with E-state index in [1.807, 2.05) is 0 Å². The molecule has 0 spiro atoms. The van der Waals surface area contributed by atoms with Gasteiger partial charge in [0, 0.05) is 22.3 Å². The van der Waals surface area contributed by atoms with Crippen LogP contribution in [0.15, 0.2) is 12.1 Å². The first kappa shape index (κ1) is 36.7. The van der Waals surface area contributed by atoms with E-state index in [-0.39, 0.29) is 0 Å². The van der Waals surface area contributed by atoms with Gasteiger partial charge in [-0.1, -0.05) is 13.3 Å². The van der Waals surface area contributed by atoms with Crippen molar-refractivity contribution in [2.75, 3.05) is 0 Å². The first-order chi connectivity index (χ1) is 17.7. The van der Waals surface area contributed by atoms with E-state index in [0.717, 1.165) is 6.92 Å². The van der Waals surface area contributed by atoms with Crippen LogP contribution in [0.4, 0.5) is 92.2 Å². The van der Waals surface area contributed by atoms with E-state index in [2.05, 4.69) is 0 Å². The first-order valence-electron chi connectivity index (χ1n) is 10.0. The Morgan fingerprint density at radius 3 is 1.02 bits per heavy atom. The molecule has 1 aromatic rings. The molecule has 1 unspecified atom stereocenters. The Labute approximate surface area is 212 Å². The number of alkyl halides is 21. The average molecular weight is 653 g/mol. The van der Waals surface area contributed by atoms with Gasteiger partial charge in [-0.25, -0.2) is 5.11 Å². The van der Waals surface area contributed by atoms with Gasteiger partial charge in [0.15, 0.2) is 0 Å². The van der Waals surface area contributed by atoms with Crippen LogP contribution in [-0.4, -0.2) is 36.3 Å². The molecule has 0 saturated carbocycles. The van der Waals surface area contributed by atoms with Gasteiger partial charge in [0.25, 0.3) is 0 Å². The predicted molar refractivity (Wildman–Crippen MR) is 89.5 cm³/mol. The molecule has 0 aliphatic heterocycles. The van der Waals surface area contributed by atoms with Crippen molar-refractivity contribution >= 4 is 0 Å². The Hall–Kier alpha value is -2.29. The first-order valence-corrected chi connectivity index (χ1v) is 10.0. The second-order valence-corrected chi connectivity index (χ2v) is 8.20. The largest absolute Gasteiger partial charge is 0.460 e. The number of rotatable bonds is 9. The monoisotopic (exact) mass is 653 g/mol. The summed E-state index contributed by atoms with van der Waals surface area (Å²) < 4.78 is 283. The van der Waals surface area contributed by atoms with E-state index in [4.69, 9.17) is 0 Å². The van der Waals surface area contributed by atoms with Crippen LogP contribution < -0.4 is 0 Å². The zero-order valence-corrected chi connectivity index (χ0v) is 19.0. The second kappa shape index (κ2) is 10.2. The standard InChI is InChI=1S/C19H10F21O/c1-2-3-9(41)10-7(12(22,23)15(28,29)18(35,36)37)4-6(11(20,21)14(26,27)17(32,33)34)5-8(10)13(24,25)16(30,31)19(38,39)40/h4-5,9H,2-3H2,1H3. The Bertz CT molecular complexity index is 1030. The molecule has 1 nitrogen and oxygen atoms in total. The van der Waals surface area contributed by atoms with Crippen LogP contribution in [0, 0.1) is 0 Å². The molecule has 1 radical (unpaired) electrons. The fourth-order valence-corrected chi connectivity index (χ4v) is 3.16. The van der Waals surface area contributed by atoms with Gasteiger partial charge in [0.2, 0.25) is 0 Å². The van der Waals surface area contributed by atoms with E-state index >= 15 is 0 Å². The van der Waals surface area contributed by atoms with Crippen molar-refractivity contribution < 1.29 is 97.3 Å². The van der Waals surface area contributed by atoms with Crippen molar-refractivity contribution in [2.45, 2.75) is 79.9 Å². The highest BCUT2D eigenvalue weighted by Crippen LogP contribution is 2.60. The third-order valence-corrected chi connectivity index (χ3v) is 5.34. The molecule has 0 aliphatic carbocycles. The van der Waals surface area contributed by atoms with Crippen LogP contribution in [0.1, 0.15) is 48.1 Å². The fraction of sp³-hybridized carbons (Fsp3) is 0.684. The summed E-state index contributed by atoms with van der Waals surface area (Å²) in [5.74, 6) is -45.2. The topological polar surface area (TPSA) is 19.9 Å². The van der Waals surface area contributed by atoms with Crippen LogP contribution >= 0.6 is 0 Å². The van der Waals surface area contributed by atoms with Crippen LogP contribution in [0.2, 0.25) is 0 Å². The van der Waals surface area contributed by atoms with E-state index in [9.17, 15) is 97.3 Å². The summed E-state index contributed by atoms with van der Waals surface area (Å²) in [6.45, 7) is 0.779. The molecule has 0 fully saturated rings. The Balaban J connectivity index is 4.64. The lowest BCUT2D eigenvalue weighted by atomic mass is 9.81. The predicted octanol–water partition coefficient (Wildman–Crippen LogP) is 9.83. The van der Waals surface area contributed by atoms with Crippen LogP contribution in [0.3, 0.4) is 0 Å². The summed E-state index contributed by atoms with van der Waals surface area (Å²) in [4.78, 5) is 0. The fourth-order valence-electron chi connectivity index (χ4n) is 3.16. The SMILES string of the molecule is CCCC([O])c1c(C(F)(F)C(F)(F)C(F)(F)F)cc(C(F)(F)C(F)(F)C(F)(F)F)cc1C(F)(F)C(F)(F)C(F)(F)F. The molecule has 1 rings (SSSR count). The van der Waals surface area contributed by atoms with Crippen molar-refractivity contribution in [3.8, 4) is 0 Å².